The van der Waals surface area contributed by atoms with E-state index in [1.807, 2.05) is 30.3 Å². The Hall–Kier alpha value is -2.62. The molecule has 3 rings (SSSR count). The minimum absolute atomic E-state index is 0.208. The molecule has 35 heavy (non-hydrogen) atoms. The smallest absolute Gasteiger partial charge is 0.443 e. The zero-order valence-corrected chi connectivity index (χ0v) is 19.8. The van der Waals surface area contributed by atoms with Crippen LogP contribution in [0, 0.1) is 0 Å². The summed E-state index contributed by atoms with van der Waals surface area (Å²) in [6.07, 6.45) is 0.331. The maximum absolute atomic E-state index is 13.2. The highest BCUT2D eigenvalue weighted by Gasteiger charge is 2.48. The summed E-state index contributed by atoms with van der Waals surface area (Å²) in [5.41, 5.74) is 6.98. The van der Waals surface area contributed by atoms with Crippen LogP contribution in [0.3, 0.4) is 0 Å². The summed E-state index contributed by atoms with van der Waals surface area (Å²) in [7, 11) is 0. The maximum atomic E-state index is 13.2. The van der Waals surface area contributed by atoms with Gasteiger partial charge < -0.3 is 20.7 Å². The first-order chi connectivity index (χ1) is 16.7. The van der Waals surface area contributed by atoms with E-state index < -0.39 is 42.1 Å². The van der Waals surface area contributed by atoms with Gasteiger partial charge in [-0.3, -0.25) is 9.59 Å². The van der Waals surface area contributed by atoms with E-state index in [0.717, 1.165) is 37.7 Å². The number of amides is 2. The van der Waals surface area contributed by atoms with E-state index >= 15 is 0 Å². The lowest BCUT2D eigenvalue weighted by molar-refractivity contribution is -0.207. The number of esters is 1. The van der Waals surface area contributed by atoms with Gasteiger partial charge in [-0.05, 0) is 37.7 Å². The average Bonchev–Trinajstić information content (AvgIpc) is 3.27. The van der Waals surface area contributed by atoms with Crippen LogP contribution in [-0.2, 0) is 25.5 Å². The number of ether oxygens (including phenoxy) is 1. The van der Waals surface area contributed by atoms with Crippen LogP contribution in [0.2, 0.25) is 0 Å². The highest BCUT2D eigenvalue weighted by molar-refractivity contribution is 5.88. The van der Waals surface area contributed by atoms with Crippen molar-refractivity contribution in [2.24, 2.45) is 5.73 Å². The van der Waals surface area contributed by atoms with Gasteiger partial charge in [0, 0.05) is 12.6 Å². The summed E-state index contributed by atoms with van der Waals surface area (Å²) >= 11 is 0. The van der Waals surface area contributed by atoms with Crippen molar-refractivity contribution in [1.82, 2.24) is 10.2 Å². The largest absolute Gasteiger partial charge is 0.490 e. The fraction of sp³-hybridized carbons (Fsp3) is 0.640. The molecule has 1 aromatic carbocycles. The molecule has 2 unspecified atom stereocenters. The van der Waals surface area contributed by atoms with Crippen molar-refractivity contribution in [2.45, 2.75) is 94.6 Å². The predicted molar refractivity (Wildman–Crippen MR) is 123 cm³/mol. The molecule has 1 saturated heterocycles. The summed E-state index contributed by atoms with van der Waals surface area (Å²) in [5, 5.41) is 2.80. The molecule has 2 aliphatic rings. The number of likely N-dealkylation sites (tertiary alicyclic amines) is 1. The van der Waals surface area contributed by atoms with Gasteiger partial charge in [0.05, 0.1) is 12.1 Å². The number of nitrogens with zero attached hydrogens (tertiary/aromatic N) is 1. The van der Waals surface area contributed by atoms with Gasteiger partial charge >= 0.3 is 12.1 Å². The van der Waals surface area contributed by atoms with Gasteiger partial charge in [-0.15, -0.1) is 0 Å². The van der Waals surface area contributed by atoms with Crippen LogP contribution >= 0.6 is 0 Å². The molecule has 1 aliphatic carbocycles. The van der Waals surface area contributed by atoms with Gasteiger partial charge in [-0.25, -0.2) is 4.79 Å². The molecule has 2 fully saturated rings. The number of nitrogens with one attached hydrogen (secondary N) is 1. The van der Waals surface area contributed by atoms with E-state index in [4.69, 9.17) is 10.5 Å². The lowest BCUT2D eigenvalue weighted by Crippen LogP contribution is -2.56. The standard InChI is InChI=1S/C25H34F3N3O4/c26-25(27,28)24(34)35-21(22(32)30-18-12-7-2-1-3-8-13-18)20-14-9-15-31(20)23(33)19(29)16-17-10-5-4-6-11-17/h4-6,10-11,18-21H,1-3,7-9,12-16,29H2,(H,30,32)/t19-,20?,21?/m0/s1. The minimum atomic E-state index is -5.25. The van der Waals surface area contributed by atoms with Crippen molar-refractivity contribution in [2.75, 3.05) is 6.54 Å². The first-order valence-electron chi connectivity index (χ1n) is 12.3. The zero-order valence-electron chi connectivity index (χ0n) is 19.8. The Morgan fingerprint density at radius 1 is 1.00 bits per heavy atom. The molecule has 3 atom stereocenters. The van der Waals surface area contributed by atoms with Crippen molar-refractivity contribution in [3.05, 3.63) is 35.9 Å². The molecule has 0 spiro atoms. The Bertz CT molecular complexity index is 857. The molecule has 1 saturated carbocycles. The fourth-order valence-corrected chi connectivity index (χ4v) is 4.92. The minimum Gasteiger partial charge on any atom is -0.443 e. The number of halogens is 3. The Balaban J connectivity index is 1.75. The molecular weight excluding hydrogens is 463 g/mol. The number of hydrogen-bond donors (Lipinski definition) is 2. The first kappa shape index (κ1) is 27.0. The Kier molecular flexibility index (Phi) is 9.54. The van der Waals surface area contributed by atoms with Gasteiger partial charge in [0.15, 0.2) is 0 Å². The average molecular weight is 498 g/mol. The van der Waals surface area contributed by atoms with Crippen molar-refractivity contribution < 1.29 is 32.3 Å². The van der Waals surface area contributed by atoms with Gasteiger partial charge in [0.1, 0.15) is 0 Å². The van der Waals surface area contributed by atoms with Crippen LogP contribution in [0.15, 0.2) is 30.3 Å². The van der Waals surface area contributed by atoms with Gasteiger partial charge in [-0.1, -0.05) is 62.4 Å². The van der Waals surface area contributed by atoms with Crippen LogP contribution in [0.4, 0.5) is 13.2 Å². The first-order valence-corrected chi connectivity index (χ1v) is 12.3. The lowest BCUT2D eigenvalue weighted by atomic mass is 9.96. The second-order valence-electron chi connectivity index (χ2n) is 9.41. The molecule has 0 aromatic heterocycles. The molecule has 1 heterocycles. The van der Waals surface area contributed by atoms with Gasteiger partial charge in [0.2, 0.25) is 12.0 Å². The Morgan fingerprint density at radius 2 is 1.63 bits per heavy atom. The third-order valence-electron chi connectivity index (χ3n) is 6.72. The quantitative estimate of drug-likeness (QED) is 0.563. The molecule has 3 N–H and O–H groups in total. The molecule has 0 radical (unpaired) electrons. The third-order valence-corrected chi connectivity index (χ3v) is 6.72. The number of nitrogens with two attached hydrogens (primary N) is 1. The molecule has 1 aliphatic heterocycles. The normalized spacial score (nSPS) is 21.5. The molecule has 0 bridgehead atoms. The maximum Gasteiger partial charge on any atom is 0.490 e. The van der Waals surface area contributed by atoms with Crippen molar-refractivity contribution in [3.8, 4) is 0 Å². The van der Waals surface area contributed by atoms with E-state index in [0.29, 0.717) is 19.3 Å². The number of carbonyl (C=O) groups excluding carboxylic acids is 3. The fourth-order valence-electron chi connectivity index (χ4n) is 4.92. The Labute approximate surface area is 203 Å². The number of alkyl halides is 3. The molecular formula is C25H34F3N3O4. The summed E-state index contributed by atoms with van der Waals surface area (Å²) < 4.78 is 43.8. The number of benzene rings is 1. The van der Waals surface area contributed by atoms with E-state index in [2.05, 4.69) is 5.32 Å². The topological polar surface area (TPSA) is 102 Å². The molecule has 10 heteroatoms. The van der Waals surface area contributed by atoms with Crippen molar-refractivity contribution in [1.29, 1.82) is 0 Å². The van der Waals surface area contributed by atoms with Crippen LogP contribution in [0.25, 0.3) is 0 Å². The number of carbonyl (C=O) groups is 3. The molecule has 194 valence electrons. The summed E-state index contributed by atoms with van der Waals surface area (Å²) in [5.74, 6) is -3.72. The van der Waals surface area contributed by atoms with E-state index in [9.17, 15) is 27.6 Å². The van der Waals surface area contributed by atoms with Crippen molar-refractivity contribution >= 4 is 17.8 Å². The highest BCUT2D eigenvalue weighted by Crippen LogP contribution is 2.27. The molecule has 1 aromatic rings. The van der Waals surface area contributed by atoms with Crippen LogP contribution in [-0.4, -0.2) is 59.6 Å². The van der Waals surface area contributed by atoms with Gasteiger partial charge in [0.25, 0.3) is 5.91 Å². The Morgan fingerprint density at radius 3 is 2.26 bits per heavy atom. The monoisotopic (exact) mass is 497 g/mol. The van der Waals surface area contributed by atoms with E-state index in [1.54, 1.807) is 0 Å². The highest BCUT2D eigenvalue weighted by atomic mass is 19.4. The van der Waals surface area contributed by atoms with Crippen molar-refractivity contribution in [3.63, 3.8) is 0 Å². The second-order valence-corrected chi connectivity index (χ2v) is 9.41. The van der Waals surface area contributed by atoms with E-state index in [-0.39, 0.29) is 25.4 Å². The predicted octanol–water partition coefficient (Wildman–Crippen LogP) is 3.25. The second kappa shape index (κ2) is 12.4. The van der Waals surface area contributed by atoms with Crippen LogP contribution in [0.1, 0.15) is 63.4 Å². The third kappa shape index (κ3) is 7.68. The summed E-state index contributed by atoms with van der Waals surface area (Å²) in [6, 6.07) is 6.96. The molecule has 2 amide bonds. The van der Waals surface area contributed by atoms with E-state index in [1.165, 1.54) is 4.90 Å². The summed E-state index contributed by atoms with van der Waals surface area (Å²) in [4.78, 5) is 39.3. The van der Waals surface area contributed by atoms with Crippen LogP contribution in [0.5, 0.6) is 0 Å². The SMILES string of the molecule is N[C@@H](Cc1ccccc1)C(=O)N1CCCC1C(OC(=O)C(F)(F)F)C(=O)NC1CCCCCCC1. The number of rotatable bonds is 7. The van der Waals surface area contributed by atoms with Gasteiger partial charge in [-0.2, -0.15) is 13.2 Å². The number of hydrogen-bond acceptors (Lipinski definition) is 5. The molecule has 7 nitrogen and oxygen atoms in total. The zero-order chi connectivity index (χ0) is 25.4. The lowest BCUT2D eigenvalue weighted by Gasteiger charge is -2.33. The van der Waals surface area contributed by atoms with Crippen LogP contribution < -0.4 is 11.1 Å². The summed E-state index contributed by atoms with van der Waals surface area (Å²) in [6.45, 7) is 0.225.